The number of nitrogens with zero attached hydrogens (tertiary/aromatic N) is 1. The molecule has 152 valence electrons. The Kier molecular flexibility index (Phi) is 6.21. The van der Waals surface area contributed by atoms with Gasteiger partial charge in [-0.2, -0.15) is 13.2 Å². The van der Waals surface area contributed by atoms with E-state index in [1.54, 1.807) is 0 Å². The van der Waals surface area contributed by atoms with Gasteiger partial charge in [0.25, 0.3) is 0 Å². The molecule has 0 aromatic heterocycles. The van der Waals surface area contributed by atoms with Crippen molar-refractivity contribution in [1.82, 2.24) is 10.6 Å². The van der Waals surface area contributed by atoms with Gasteiger partial charge < -0.3 is 15.5 Å². The number of hydrogen-bond acceptors (Lipinski definition) is 3. The van der Waals surface area contributed by atoms with Gasteiger partial charge >= 0.3 is 6.18 Å². The van der Waals surface area contributed by atoms with Gasteiger partial charge in [-0.05, 0) is 41.5 Å². The van der Waals surface area contributed by atoms with E-state index in [4.69, 9.17) is 0 Å². The molecule has 5 nitrogen and oxygen atoms in total. The molecule has 1 aliphatic rings. The molecule has 1 fully saturated rings. The Hall–Kier alpha value is -3.29. The van der Waals surface area contributed by atoms with E-state index in [2.05, 4.69) is 10.6 Å². The monoisotopic (exact) mass is 403 g/mol. The van der Waals surface area contributed by atoms with Crippen molar-refractivity contribution in [2.24, 2.45) is 0 Å². The first-order valence-corrected chi connectivity index (χ1v) is 9.05. The van der Waals surface area contributed by atoms with Crippen molar-refractivity contribution < 1.29 is 22.8 Å². The van der Waals surface area contributed by atoms with Gasteiger partial charge in [0.05, 0.1) is 12.1 Å². The normalized spacial score (nSPS) is 14.7. The number of rotatable bonds is 5. The highest BCUT2D eigenvalue weighted by Crippen LogP contribution is 2.29. The number of halogens is 3. The molecule has 8 heteroatoms. The van der Waals surface area contributed by atoms with Crippen molar-refractivity contribution >= 4 is 23.6 Å². The van der Waals surface area contributed by atoms with Crippen LogP contribution in [0.25, 0.3) is 6.08 Å². The number of nitrogens with one attached hydrogen (secondary N) is 2. The lowest BCUT2D eigenvalue weighted by atomic mass is 10.1. The summed E-state index contributed by atoms with van der Waals surface area (Å²) in [4.78, 5) is 25.4. The number of anilines is 1. The fourth-order valence-corrected chi connectivity index (χ4v) is 2.92. The van der Waals surface area contributed by atoms with Gasteiger partial charge in [-0.15, -0.1) is 0 Å². The third-order valence-corrected chi connectivity index (χ3v) is 4.45. The van der Waals surface area contributed by atoms with E-state index in [0.717, 1.165) is 29.9 Å². The van der Waals surface area contributed by atoms with E-state index in [-0.39, 0.29) is 12.5 Å². The van der Waals surface area contributed by atoms with Crippen molar-refractivity contribution in [2.45, 2.75) is 12.7 Å². The van der Waals surface area contributed by atoms with Crippen LogP contribution < -0.4 is 15.5 Å². The Labute approximate surface area is 166 Å². The summed E-state index contributed by atoms with van der Waals surface area (Å²) in [5, 5.41) is 5.46. The number of carbonyl (C=O) groups is 2. The van der Waals surface area contributed by atoms with E-state index in [1.807, 2.05) is 29.2 Å². The predicted molar refractivity (Wildman–Crippen MR) is 104 cm³/mol. The number of alkyl halides is 3. The van der Waals surface area contributed by atoms with Crippen LogP contribution in [0.4, 0.5) is 18.9 Å². The molecule has 1 heterocycles. The van der Waals surface area contributed by atoms with Crippen molar-refractivity contribution in [3.05, 3.63) is 71.3 Å². The molecule has 0 aliphatic carbocycles. The van der Waals surface area contributed by atoms with Crippen LogP contribution in [0.15, 0.2) is 54.6 Å². The topological polar surface area (TPSA) is 61.4 Å². The average Bonchev–Trinajstić information content (AvgIpc) is 2.71. The molecule has 2 aromatic rings. The minimum absolute atomic E-state index is 0.0138. The second-order valence-electron chi connectivity index (χ2n) is 6.61. The fourth-order valence-electron chi connectivity index (χ4n) is 2.92. The maximum Gasteiger partial charge on any atom is 0.416 e. The minimum Gasteiger partial charge on any atom is -0.360 e. The molecule has 0 radical (unpaired) electrons. The molecule has 2 amide bonds. The van der Waals surface area contributed by atoms with Crippen LogP contribution in [0.2, 0.25) is 0 Å². The van der Waals surface area contributed by atoms with Gasteiger partial charge in [-0.25, -0.2) is 0 Å². The first kappa shape index (κ1) is 20.4. The minimum atomic E-state index is -4.42. The Bertz CT molecular complexity index is 908. The Balaban J connectivity index is 1.53. The van der Waals surface area contributed by atoms with Crippen LogP contribution in [-0.2, 0) is 22.3 Å². The highest BCUT2D eigenvalue weighted by atomic mass is 19.4. The Morgan fingerprint density at radius 2 is 1.93 bits per heavy atom. The zero-order valence-corrected chi connectivity index (χ0v) is 15.5. The summed E-state index contributed by atoms with van der Waals surface area (Å²) in [6.45, 7) is 1.94. The molecule has 0 bridgehead atoms. The van der Waals surface area contributed by atoms with Crippen LogP contribution in [0, 0.1) is 0 Å². The lowest BCUT2D eigenvalue weighted by Crippen LogP contribution is -2.47. The number of carbonyl (C=O) groups excluding carboxylic acids is 2. The summed E-state index contributed by atoms with van der Waals surface area (Å²) in [7, 11) is 0. The quantitative estimate of drug-likeness (QED) is 0.755. The first-order chi connectivity index (χ1) is 13.8. The van der Waals surface area contributed by atoms with Gasteiger partial charge in [-0.3, -0.25) is 9.59 Å². The molecule has 0 unspecified atom stereocenters. The standard InChI is InChI=1S/C21H20F3N3O2/c22-21(23,24)17-3-1-2-15(12-17)6-9-19(28)26-13-16-4-7-18(8-5-16)27-11-10-25-20(29)14-27/h1-9,12H,10-11,13-14H2,(H,25,29)(H,26,28)/b9-6+. The molecule has 3 rings (SSSR count). The van der Waals surface area contributed by atoms with Crippen LogP contribution in [-0.4, -0.2) is 31.4 Å². The first-order valence-electron chi connectivity index (χ1n) is 9.05. The third kappa shape index (κ3) is 5.84. The molecule has 2 N–H and O–H groups in total. The van der Waals surface area contributed by atoms with Crippen molar-refractivity contribution in [3.8, 4) is 0 Å². The zero-order chi connectivity index (χ0) is 20.9. The number of benzene rings is 2. The second kappa shape index (κ2) is 8.81. The smallest absolute Gasteiger partial charge is 0.360 e. The van der Waals surface area contributed by atoms with Gasteiger partial charge in [0.2, 0.25) is 11.8 Å². The second-order valence-corrected chi connectivity index (χ2v) is 6.61. The summed E-state index contributed by atoms with van der Waals surface area (Å²) >= 11 is 0. The van der Waals surface area contributed by atoms with Crippen molar-refractivity contribution in [2.75, 3.05) is 24.5 Å². The molecule has 0 spiro atoms. The van der Waals surface area contributed by atoms with Crippen LogP contribution in [0.3, 0.4) is 0 Å². The van der Waals surface area contributed by atoms with E-state index in [1.165, 1.54) is 24.3 Å². The Morgan fingerprint density at radius 1 is 1.17 bits per heavy atom. The fraction of sp³-hybridized carbons (Fsp3) is 0.238. The highest BCUT2D eigenvalue weighted by molar-refractivity contribution is 5.91. The average molecular weight is 403 g/mol. The largest absolute Gasteiger partial charge is 0.416 e. The van der Waals surface area contributed by atoms with Crippen LogP contribution >= 0.6 is 0 Å². The van der Waals surface area contributed by atoms with E-state index in [9.17, 15) is 22.8 Å². The Morgan fingerprint density at radius 3 is 2.62 bits per heavy atom. The molecule has 0 saturated carbocycles. The van der Waals surface area contributed by atoms with Gasteiger partial charge in [0, 0.05) is 31.4 Å². The zero-order valence-electron chi connectivity index (χ0n) is 15.5. The summed E-state index contributed by atoms with van der Waals surface area (Å²) in [6.07, 6.45) is -1.87. The van der Waals surface area contributed by atoms with Crippen LogP contribution in [0.5, 0.6) is 0 Å². The third-order valence-electron chi connectivity index (χ3n) is 4.45. The lowest BCUT2D eigenvalue weighted by Gasteiger charge is -2.28. The van der Waals surface area contributed by atoms with E-state index >= 15 is 0 Å². The summed E-state index contributed by atoms with van der Waals surface area (Å²) in [6, 6.07) is 12.3. The van der Waals surface area contributed by atoms with E-state index < -0.39 is 17.6 Å². The molecule has 0 atom stereocenters. The van der Waals surface area contributed by atoms with Gasteiger partial charge in [0.1, 0.15) is 0 Å². The van der Waals surface area contributed by atoms with Crippen LogP contribution in [0.1, 0.15) is 16.7 Å². The summed E-state index contributed by atoms with van der Waals surface area (Å²) < 4.78 is 38.1. The number of amides is 2. The molecule has 29 heavy (non-hydrogen) atoms. The summed E-state index contributed by atoms with van der Waals surface area (Å²) in [5.74, 6) is -0.417. The lowest BCUT2D eigenvalue weighted by molar-refractivity contribution is -0.137. The van der Waals surface area contributed by atoms with Gasteiger partial charge in [0.15, 0.2) is 0 Å². The molecule has 1 saturated heterocycles. The summed E-state index contributed by atoms with van der Waals surface area (Å²) in [5.41, 5.74) is 1.34. The van der Waals surface area contributed by atoms with Gasteiger partial charge in [-0.1, -0.05) is 24.3 Å². The maximum atomic E-state index is 12.7. The van der Waals surface area contributed by atoms with Crippen molar-refractivity contribution in [3.63, 3.8) is 0 Å². The van der Waals surface area contributed by atoms with Crippen molar-refractivity contribution in [1.29, 1.82) is 0 Å². The molecule has 2 aromatic carbocycles. The molecular formula is C21H20F3N3O2. The molecule has 1 aliphatic heterocycles. The number of piperazine rings is 1. The van der Waals surface area contributed by atoms with E-state index in [0.29, 0.717) is 18.7 Å². The maximum absolute atomic E-state index is 12.7. The predicted octanol–water partition coefficient (Wildman–Crippen LogP) is 2.97. The highest BCUT2D eigenvalue weighted by Gasteiger charge is 2.30. The molecular weight excluding hydrogens is 383 g/mol. The number of hydrogen-bond donors (Lipinski definition) is 2. The SMILES string of the molecule is O=C(/C=C/c1cccc(C(F)(F)F)c1)NCc1ccc(N2CCNC(=O)C2)cc1.